The number of amidine groups is 1. The van der Waals surface area contributed by atoms with E-state index in [4.69, 9.17) is 4.99 Å². The van der Waals surface area contributed by atoms with Gasteiger partial charge in [-0.15, -0.1) is 0 Å². The molecule has 1 aromatic rings. The highest BCUT2D eigenvalue weighted by Gasteiger charge is 2.23. The number of fused-ring (bicyclic) bond motifs is 1. The number of thioether (sulfide) groups is 1. The second kappa shape index (κ2) is 3.98. The highest BCUT2D eigenvalue weighted by atomic mass is 32.2. The monoisotopic (exact) mass is 230 g/mol. The quantitative estimate of drug-likeness (QED) is 0.735. The largest absolute Gasteiger partial charge is 0.327 e. The molecule has 2 heterocycles. The van der Waals surface area contributed by atoms with Crippen LogP contribution in [0.4, 0.5) is 0 Å². The average Bonchev–Trinajstić information content (AvgIpc) is 2.77. The van der Waals surface area contributed by atoms with E-state index >= 15 is 0 Å². The average molecular weight is 230 g/mol. The maximum absolute atomic E-state index is 4.79. The molecule has 0 aliphatic carbocycles. The summed E-state index contributed by atoms with van der Waals surface area (Å²) in [5.74, 6) is 0. The zero-order valence-electron chi connectivity index (χ0n) is 9.26. The van der Waals surface area contributed by atoms with Gasteiger partial charge in [0.15, 0.2) is 5.17 Å². The van der Waals surface area contributed by atoms with Gasteiger partial charge in [-0.25, -0.2) is 0 Å². The molecule has 3 heteroatoms. The van der Waals surface area contributed by atoms with Crippen LogP contribution in [0.2, 0.25) is 0 Å². The van der Waals surface area contributed by atoms with Crippen LogP contribution in [0, 0.1) is 6.92 Å². The van der Waals surface area contributed by atoms with E-state index in [0.717, 1.165) is 18.1 Å². The first-order chi connectivity index (χ1) is 7.83. The third-order valence-corrected chi connectivity index (χ3v) is 3.84. The normalized spacial score (nSPS) is 23.2. The fourth-order valence-electron chi connectivity index (χ4n) is 2.06. The Morgan fingerprint density at radius 1 is 1.31 bits per heavy atom. The SMILES string of the molecule is Cc1ccc(C2CCN3C=CSC3=N2)cc1. The molecule has 82 valence electrons. The second-order valence-electron chi connectivity index (χ2n) is 4.22. The zero-order valence-corrected chi connectivity index (χ0v) is 10.1. The third kappa shape index (κ3) is 1.76. The number of benzene rings is 1. The Labute approximate surface area is 100 Å². The Bertz CT molecular complexity index is 448. The Balaban J connectivity index is 1.86. The standard InChI is InChI=1S/C13H14N2S/c1-10-2-4-11(5-3-10)12-6-7-15-8-9-16-13(15)14-12/h2-5,8-9,12H,6-7H2,1H3. The molecule has 0 radical (unpaired) electrons. The molecule has 1 unspecified atom stereocenters. The minimum atomic E-state index is 0.347. The number of rotatable bonds is 1. The van der Waals surface area contributed by atoms with Gasteiger partial charge < -0.3 is 4.90 Å². The van der Waals surface area contributed by atoms with Gasteiger partial charge in [0.2, 0.25) is 0 Å². The molecule has 1 aromatic carbocycles. The van der Waals surface area contributed by atoms with Gasteiger partial charge in [-0.3, -0.25) is 4.99 Å². The molecule has 1 atom stereocenters. The lowest BCUT2D eigenvalue weighted by molar-refractivity contribution is 0.467. The molecule has 16 heavy (non-hydrogen) atoms. The molecule has 2 nitrogen and oxygen atoms in total. The van der Waals surface area contributed by atoms with Crippen LogP contribution in [0.1, 0.15) is 23.6 Å². The molecule has 2 aliphatic heterocycles. The highest BCUT2D eigenvalue weighted by molar-refractivity contribution is 8.16. The summed E-state index contributed by atoms with van der Waals surface area (Å²) < 4.78 is 0. The highest BCUT2D eigenvalue weighted by Crippen LogP contribution is 2.32. The summed E-state index contributed by atoms with van der Waals surface area (Å²) in [7, 11) is 0. The van der Waals surface area contributed by atoms with Crippen molar-refractivity contribution in [3.63, 3.8) is 0 Å². The van der Waals surface area contributed by atoms with Crippen molar-refractivity contribution in [2.24, 2.45) is 4.99 Å². The number of hydrogen-bond donors (Lipinski definition) is 0. The summed E-state index contributed by atoms with van der Waals surface area (Å²) in [6, 6.07) is 9.09. The molecular weight excluding hydrogens is 216 g/mol. The maximum Gasteiger partial charge on any atom is 0.168 e. The molecular formula is C13H14N2S. The molecule has 0 saturated heterocycles. The lowest BCUT2D eigenvalue weighted by Gasteiger charge is -2.26. The Morgan fingerprint density at radius 3 is 2.94 bits per heavy atom. The van der Waals surface area contributed by atoms with Crippen LogP contribution in [0.3, 0.4) is 0 Å². The van der Waals surface area contributed by atoms with Gasteiger partial charge in [-0.1, -0.05) is 41.6 Å². The van der Waals surface area contributed by atoms with Gasteiger partial charge in [0.25, 0.3) is 0 Å². The van der Waals surface area contributed by atoms with Crippen LogP contribution in [0.5, 0.6) is 0 Å². The van der Waals surface area contributed by atoms with Gasteiger partial charge in [0, 0.05) is 12.7 Å². The molecule has 3 rings (SSSR count). The van der Waals surface area contributed by atoms with Crippen LogP contribution < -0.4 is 0 Å². The van der Waals surface area contributed by atoms with Crippen molar-refractivity contribution in [3.8, 4) is 0 Å². The van der Waals surface area contributed by atoms with Crippen LogP contribution >= 0.6 is 11.8 Å². The lowest BCUT2D eigenvalue weighted by Crippen LogP contribution is -2.27. The van der Waals surface area contributed by atoms with Crippen LogP contribution in [-0.4, -0.2) is 16.6 Å². The molecule has 0 aromatic heterocycles. The number of nitrogens with zero attached hydrogens (tertiary/aromatic N) is 2. The number of aliphatic imine (C=N–C) groups is 1. The van der Waals surface area contributed by atoms with Gasteiger partial charge in [-0.05, 0) is 24.3 Å². The van der Waals surface area contributed by atoms with Crippen molar-refractivity contribution >= 4 is 16.9 Å². The smallest absolute Gasteiger partial charge is 0.168 e. The van der Waals surface area contributed by atoms with Crippen molar-refractivity contribution in [3.05, 3.63) is 47.0 Å². The van der Waals surface area contributed by atoms with Crippen molar-refractivity contribution in [2.75, 3.05) is 6.54 Å². The fraction of sp³-hybridized carbons (Fsp3) is 0.308. The zero-order chi connectivity index (χ0) is 11.0. The second-order valence-corrected chi connectivity index (χ2v) is 5.10. The van der Waals surface area contributed by atoms with E-state index in [0.29, 0.717) is 6.04 Å². The minimum absolute atomic E-state index is 0.347. The van der Waals surface area contributed by atoms with E-state index in [1.807, 2.05) is 0 Å². The van der Waals surface area contributed by atoms with Crippen LogP contribution in [0.15, 0.2) is 40.9 Å². The summed E-state index contributed by atoms with van der Waals surface area (Å²) in [6.07, 6.45) is 3.23. The molecule has 0 spiro atoms. The van der Waals surface area contributed by atoms with Crippen molar-refractivity contribution in [2.45, 2.75) is 19.4 Å². The molecule has 0 fully saturated rings. The number of hydrogen-bond acceptors (Lipinski definition) is 3. The summed E-state index contributed by atoms with van der Waals surface area (Å²) >= 11 is 1.72. The van der Waals surface area contributed by atoms with Gasteiger partial charge in [0.05, 0.1) is 6.04 Å². The van der Waals surface area contributed by atoms with Crippen molar-refractivity contribution < 1.29 is 0 Å². The van der Waals surface area contributed by atoms with Gasteiger partial charge in [0.1, 0.15) is 0 Å². The number of aryl methyl sites for hydroxylation is 1. The molecule has 0 saturated carbocycles. The topological polar surface area (TPSA) is 15.6 Å². The van der Waals surface area contributed by atoms with E-state index in [2.05, 4.69) is 47.7 Å². The molecule has 0 amide bonds. The Morgan fingerprint density at radius 2 is 2.12 bits per heavy atom. The van der Waals surface area contributed by atoms with Gasteiger partial charge >= 0.3 is 0 Å². The van der Waals surface area contributed by atoms with E-state index in [1.54, 1.807) is 11.8 Å². The minimum Gasteiger partial charge on any atom is -0.327 e. The molecule has 2 aliphatic rings. The predicted octanol–water partition coefficient (Wildman–Crippen LogP) is 3.32. The van der Waals surface area contributed by atoms with Crippen molar-refractivity contribution in [1.82, 2.24) is 4.90 Å². The van der Waals surface area contributed by atoms with Gasteiger partial charge in [-0.2, -0.15) is 0 Å². The Kier molecular flexibility index (Phi) is 2.48. The summed E-state index contributed by atoms with van der Waals surface area (Å²) in [4.78, 5) is 7.02. The first-order valence-electron chi connectivity index (χ1n) is 5.57. The first kappa shape index (κ1) is 9.97. The summed E-state index contributed by atoms with van der Waals surface area (Å²) in [5, 5.41) is 3.26. The van der Waals surface area contributed by atoms with E-state index in [1.165, 1.54) is 11.1 Å². The van der Waals surface area contributed by atoms with E-state index in [9.17, 15) is 0 Å². The van der Waals surface area contributed by atoms with E-state index in [-0.39, 0.29) is 0 Å². The molecule has 0 bridgehead atoms. The predicted molar refractivity (Wildman–Crippen MR) is 69.4 cm³/mol. The van der Waals surface area contributed by atoms with Crippen LogP contribution in [0.25, 0.3) is 0 Å². The fourth-order valence-corrected chi connectivity index (χ4v) is 2.87. The lowest BCUT2D eigenvalue weighted by atomic mass is 10.0. The van der Waals surface area contributed by atoms with E-state index < -0.39 is 0 Å². The first-order valence-corrected chi connectivity index (χ1v) is 6.45. The van der Waals surface area contributed by atoms with Crippen molar-refractivity contribution in [1.29, 1.82) is 0 Å². The maximum atomic E-state index is 4.79. The Hall–Kier alpha value is -1.22. The summed E-state index contributed by atoms with van der Waals surface area (Å²) in [6.45, 7) is 3.20. The molecule has 0 N–H and O–H groups in total. The van der Waals surface area contributed by atoms with Crippen LogP contribution in [-0.2, 0) is 0 Å². The summed E-state index contributed by atoms with van der Waals surface area (Å²) in [5.41, 5.74) is 2.65. The third-order valence-electron chi connectivity index (χ3n) is 3.03.